The Labute approximate surface area is 149 Å². The predicted molar refractivity (Wildman–Crippen MR) is 99.1 cm³/mol. The van der Waals surface area contributed by atoms with Crippen molar-refractivity contribution in [2.24, 2.45) is 0 Å². The second-order valence-electron chi connectivity index (χ2n) is 6.60. The number of hydrogen-bond acceptors (Lipinski definition) is 4. The molecule has 2 aromatic carbocycles. The van der Waals surface area contributed by atoms with Crippen LogP contribution in [0.3, 0.4) is 0 Å². The van der Waals surface area contributed by atoms with Crippen LogP contribution in [0.5, 0.6) is 0 Å². The average molecular weight is 338 g/mol. The minimum absolute atomic E-state index is 0.0961. The van der Waals surface area contributed by atoms with Gasteiger partial charge >= 0.3 is 5.97 Å². The first-order valence-corrected chi connectivity index (χ1v) is 8.84. The number of ether oxygens (including phenoxy) is 1. The minimum atomic E-state index is -0.162. The quantitative estimate of drug-likeness (QED) is 0.593. The van der Waals surface area contributed by atoms with Gasteiger partial charge in [-0.3, -0.25) is 9.69 Å². The molecule has 0 saturated carbocycles. The summed E-state index contributed by atoms with van der Waals surface area (Å²) in [6.45, 7) is 3.98. The lowest BCUT2D eigenvalue weighted by Gasteiger charge is -2.21. The molecule has 132 valence electrons. The fourth-order valence-electron chi connectivity index (χ4n) is 3.35. The topological polar surface area (TPSA) is 41.3 Å². The first kappa shape index (κ1) is 17.6. The van der Waals surface area contributed by atoms with E-state index in [1.807, 2.05) is 24.3 Å². The average Bonchev–Trinajstić information content (AvgIpc) is 3.46. The molecule has 2 aromatic rings. The van der Waals surface area contributed by atoms with E-state index in [1.165, 1.54) is 18.2 Å². The molecule has 0 aliphatic carbocycles. The van der Waals surface area contributed by atoms with Gasteiger partial charge in [0.15, 0.2) is 0 Å². The summed E-state index contributed by atoms with van der Waals surface area (Å²) in [6, 6.07) is 21.6. The molecule has 0 spiro atoms. The van der Waals surface area contributed by atoms with Gasteiger partial charge in [-0.1, -0.05) is 60.7 Å². The third-order valence-electron chi connectivity index (χ3n) is 4.96. The third kappa shape index (κ3) is 4.68. The first-order valence-electron chi connectivity index (χ1n) is 8.84. The Morgan fingerprint density at radius 2 is 1.80 bits per heavy atom. The molecule has 1 saturated heterocycles. The Balaban J connectivity index is 1.63. The lowest BCUT2D eigenvalue weighted by molar-refractivity contribution is -0.141. The summed E-state index contributed by atoms with van der Waals surface area (Å²) in [5, 5.41) is 3.56. The molecule has 0 radical (unpaired) electrons. The number of carbonyl (C=O) groups excluding carboxylic acids is 1. The minimum Gasteiger partial charge on any atom is -0.469 e. The highest BCUT2D eigenvalue weighted by molar-refractivity contribution is 5.70. The second-order valence-corrected chi connectivity index (χ2v) is 6.60. The van der Waals surface area contributed by atoms with E-state index >= 15 is 0 Å². The lowest BCUT2D eigenvalue weighted by atomic mass is 10.1. The zero-order valence-corrected chi connectivity index (χ0v) is 14.9. The van der Waals surface area contributed by atoms with Crippen molar-refractivity contribution in [1.82, 2.24) is 10.2 Å². The van der Waals surface area contributed by atoms with E-state index in [4.69, 9.17) is 4.74 Å². The van der Waals surface area contributed by atoms with Gasteiger partial charge in [-0.05, 0) is 18.1 Å². The van der Waals surface area contributed by atoms with Gasteiger partial charge in [0.05, 0.1) is 13.5 Å². The van der Waals surface area contributed by atoms with Gasteiger partial charge in [-0.15, -0.1) is 0 Å². The van der Waals surface area contributed by atoms with Crippen molar-refractivity contribution in [3.63, 3.8) is 0 Å². The summed E-state index contributed by atoms with van der Waals surface area (Å²) in [7, 11) is 1.45. The number of rotatable bonds is 8. The number of nitrogens with one attached hydrogen (secondary N) is 1. The molecule has 4 atom stereocenters. The highest BCUT2D eigenvalue weighted by atomic mass is 16.5. The number of esters is 1. The summed E-state index contributed by atoms with van der Waals surface area (Å²) in [5.74, 6) is -0.162. The molecule has 0 amide bonds. The van der Waals surface area contributed by atoms with Gasteiger partial charge in [0.1, 0.15) is 0 Å². The summed E-state index contributed by atoms with van der Waals surface area (Å²) < 4.78 is 4.89. The summed E-state index contributed by atoms with van der Waals surface area (Å²) in [5.41, 5.74) is 2.53. The van der Waals surface area contributed by atoms with Crippen LogP contribution in [-0.2, 0) is 16.1 Å². The molecule has 0 aromatic heterocycles. The molecular formula is C21H26N2O2. The zero-order valence-electron chi connectivity index (χ0n) is 14.9. The molecule has 1 unspecified atom stereocenters. The standard InChI is InChI=1S/C21H26N2O2/c1-16(18-11-7-4-8-12-18)23-15-20(23)19(13-21(24)25-2)22-14-17-9-5-3-6-10-17/h3-12,16,19-20,22H,13-15H2,1-2H3/t16-,19+,20+,23?/m1/s1. The Morgan fingerprint density at radius 3 is 2.44 bits per heavy atom. The predicted octanol–water partition coefficient (Wildman–Crippen LogP) is 3.15. The molecule has 4 heteroatoms. The second kappa shape index (κ2) is 8.28. The van der Waals surface area contributed by atoms with Crippen LogP contribution in [0.25, 0.3) is 0 Å². The summed E-state index contributed by atoms with van der Waals surface area (Å²) in [6.07, 6.45) is 0.395. The van der Waals surface area contributed by atoms with Gasteiger partial charge < -0.3 is 10.1 Å². The van der Waals surface area contributed by atoms with E-state index in [1.54, 1.807) is 0 Å². The van der Waals surface area contributed by atoms with Crippen molar-refractivity contribution >= 4 is 5.97 Å². The van der Waals surface area contributed by atoms with E-state index < -0.39 is 0 Å². The summed E-state index contributed by atoms with van der Waals surface area (Å²) >= 11 is 0. The monoisotopic (exact) mass is 338 g/mol. The van der Waals surface area contributed by atoms with Crippen LogP contribution < -0.4 is 5.32 Å². The number of benzene rings is 2. The van der Waals surface area contributed by atoms with E-state index in [0.29, 0.717) is 18.5 Å². The van der Waals surface area contributed by atoms with Crippen LogP contribution in [0.15, 0.2) is 60.7 Å². The van der Waals surface area contributed by atoms with Crippen molar-refractivity contribution < 1.29 is 9.53 Å². The molecule has 25 heavy (non-hydrogen) atoms. The van der Waals surface area contributed by atoms with E-state index in [2.05, 4.69) is 53.5 Å². The van der Waals surface area contributed by atoms with Crippen molar-refractivity contribution in [2.75, 3.05) is 13.7 Å². The maximum atomic E-state index is 11.8. The van der Waals surface area contributed by atoms with Crippen LogP contribution in [-0.4, -0.2) is 36.6 Å². The van der Waals surface area contributed by atoms with Crippen LogP contribution in [0.1, 0.15) is 30.5 Å². The third-order valence-corrected chi connectivity index (χ3v) is 4.96. The van der Waals surface area contributed by atoms with E-state index in [-0.39, 0.29) is 12.0 Å². The molecule has 1 fully saturated rings. The SMILES string of the molecule is COC(=O)C[C@H](NCc1ccccc1)[C@@H]1CN1[C@H](C)c1ccccc1. The highest BCUT2D eigenvalue weighted by Crippen LogP contribution is 2.34. The molecule has 1 heterocycles. The lowest BCUT2D eigenvalue weighted by Crippen LogP contribution is -2.38. The van der Waals surface area contributed by atoms with Gasteiger partial charge in [-0.25, -0.2) is 0 Å². The molecule has 3 rings (SSSR count). The maximum Gasteiger partial charge on any atom is 0.307 e. The van der Waals surface area contributed by atoms with E-state index in [0.717, 1.165) is 13.1 Å². The smallest absolute Gasteiger partial charge is 0.307 e. The largest absolute Gasteiger partial charge is 0.469 e. The van der Waals surface area contributed by atoms with Gasteiger partial charge in [0, 0.05) is 31.2 Å². The normalized spacial score (nSPS) is 21.4. The highest BCUT2D eigenvalue weighted by Gasteiger charge is 2.44. The molecular weight excluding hydrogens is 312 g/mol. The zero-order chi connectivity index (χ0) is 17.6. The van der Waals surface area contributed by atoms with Gasteiger partial charge in [0.2, 0.25) is 0 Å². The van der Waals surface area contributed by atoms with Crippen LogP contribution in [0.2, 0.25) is 0 Å². The van der Waals surface area contributed by atoms with Crippen LogP contribution in [0.4, 0.5) is 0 Å². The fraction of sp³-hybridized carbons (Fsp3) is 0.381. The molecule has 0 bridgehead atoms. The Bertz CT molecular complexity index is 675. The molecule has 1 aliphatic rings. The Kier molecular flexibility index (Phi) is 5.84. The molecule has 1 N–H and O–H groups in total. The number of methoxy groups -OCH3 is 1. The van der Waals surface area contributed by atoms with E-state index in [9.17, 15) is 4.79 Å². The number of carbonyl (C=O) groups is 1. The molecule has 1 aliphatic heterocycles. The first-order chi connectivity index (χ1) is 12.2. The number of hydrogen-bond donors (Lipinski definition) is 1. The Morgan fingerprint density at radius 1 is 1.16 bits per heavy atom. The van der Waals surface area contributed by atoms with Gasteiger partial charge in [0.25, 0.3) is 0 Å². The van der Waals surface area contributed by atoms with Crippen LogP contribution >= 0.6 is 0 Å². The Hall–Kier alpha value is -2.17. The summed E-state index contributed by atoms with van der Waals surface area (Å²) in [4.78, 5) is 14.3. The molecule has 4 nitrogen and oxygen atoms in total. The maximum absolute atomic E-state index is 11.8. The fourth-order valence-corrected chi connectivity index (χ4v) is 3.35. The van der Waals surface area contributed by atoms with Gasteiger partial charge in [-0.2, -0.15) is 0 Å². The van der Waals surface area contributed by atoms with Crippen molar-refractivity contribution in [1.29, 1.82) is 0 Å². The van der Waals surface area contributed by atoms with Crippen molar-refractivity contribution in [3.8, 4) is 0 Å². The van der Waals surface area contributed by atoms with Crippen molar-refractivity contribution in [2.45, 2.75) is 38.0 Å². The van der Waals surface area contributed by atoms with Crippen LogP contribution in [0, 0.1) is 0 Å². The number of nitrogens with zero attached hydrogens (tertiary/aromatic N) is 1. The van der Waals surface area contributed by atoms with Crippen molar-refractivity contribution in [3.05, 3.63) is 71.8 Å².